The summed E-state index contributed by atoms with van der Waals surface area (Å²) in [7, 11) is 0. The zero-order valence-corrected chi connectivity index (χ0v) is 15.9. The number of anilines is 1. The molecular weight excluding hydrogens is 346 g/mol. The second kappa shape index (κ2) is 6.70. The van der Waals surface area contributed by atoms with E-state index in [0.717, 1.165) is 11.3 Å². The minimum absolute atomic E-state index is 0.0544. The maximum Gasteiger partial charge on any atom is 0.238 e. The van der Waals surface area contributed by atoms with Gasteiger partial charge in [0, 0.05) is 5.69 Å². The summed E-state index contributed by atoms with van der Waals surface area (Å²) in [6, 6.07) is 17.0. The highest BCUT2D eigenvalue weighted by molar-refractivity contribution is 8.00. The predicted octanol–water partition coefficient (Wildman–Crippen LogP) is 5.81. The number of carbonyl (C=O) groups excluding carboxylic acids is 1. The van der Waals surface area contributed by atoms with Gasteiger partial charge in [-0.1, -0.05) is 35.9 Å². The van der Waals surface area contributed by atoms with Crippen molar-refractivity contribution < 1.29 is 4.79 Å². The SMILES string of the molecule is Cc1ccc(C2SCC(=O)N2c2ccc(-c3ccsc3)cc2C)cc1. The number of amides is 1. The Hall–Kier alpha value is -2.04. The van der Waals surface area contributed by atoms with Gasteiger partial charge in [-0.3, -0.25) is 9.69 Å². The van der Waals surface area contributed by atoms with Gasteiger partial charge in [0.25, 0.3) is 0 Å². The Labute approximate surface area is 156 Å². The summed E-state index contributed by atoms with van der Waals surface area (Å²) in [5.41, 5.74) is 7.01. The fourth-order valence-corrected chi connectivity index (χ4v) is 5.03. The first-order chi connectivity index (χ1) is 12.1. The standard InChI is InChI=1S/C21H19NOS2/c1-14-3-5-16(6-4-14)21-22(20(23)13-25-21)19-8-7-17(11-15(19)2)18-9-10-24-12-18/h3-12,21H,13H2,1-2H3. The molecule has 0 saturated carbocycles. The van der Waals surface area contributed by atoms with E-state index in [1.165, 1.54) is 22.3 Å². The summed E-state index contributed by atoms with van der Waals surface area (Å²) < 4.78 is 0. The molecule has 1 unspecified atom stereocenters. The molecule has 0 aliphatic carbocycles. The van der Waals surface area contributed by atoms with Gasteiger partial charge >= 0.3 is 0 Å². The lowest BCUT2D eigenvalue weighted by Crippen LogP contribution is -2.28. The molecule has 1 atom stereocenters. The van der Waals surface area contributed by atoms with E-state index in [1.807, 2.05) is 4.90 Å². The third kappa shape index (κ3) is 3.12. The first-order valence-electron chi connectivity index (χ1n) is 8.27. The van der Waals surface area contributed by atoms with Crippen molar-refractivity contribution in [2.24, 2.45) is 0 Å². The minimum atomic E-state index is 0.0544. The van der Waals surface area contributed by atoms with Gasteiger partial charge in [-0.15, -0.1) is 11.8 Å². The summed E-state index contributed by atoms with van der Waals surface area (Å²) in [5.74, 6) is 0.714. The molecule has 4 rings (SSSR count). The van der Waals surface area contributed by atoms with E-state index >= 15 is 0 Å². The van der Waals surface area contributed by atoms with E-state index in [9.17, 15) is 4.79 Å². The number of benzene rings is 2. The van der Waals surface area contributed by atoms with Crippen LogP contribution in [0.2, 0.25) is 0 Å². The Balaban J connectivity index is 1.71. The van der Waals surface area contributed by atoms with E-state index in [1.54, 1.807) is 23.1 Å². The van der Waals surface area contributed by atoms with Crippen LogP contribution in [0, 0.1) is 13.8 Å². The third-order valence-corrected chi connectivity index (χ3v) is 6.44. The van der Waals surface area contributed by atoms with Crippen molar-refractivity contribution in [3.8, 4) is 11.1 Å². The fraction of sp³-hybridized carbons (Fsp3) is 0.190. The molecule has 0 radical (unpaired) electrons. The van der Waals surface area contributed by atoms with Crippen LogP contribution in [0.5, 0.6) is 0 Å². The first-order valence-corrected chi connectivity index (χ1v) is 10.3. The fourth-order valence-electron chi connectivity index (χ4n) is 3.20. The van der Waals surface area contributed by atoms with Crippen molar-refractivity contribution in [2.45, 2.75) is 19.2 Å². The molecule has 2 nitrogen and oxygen atoms in total. The number of rotatable bonds is 3. The normalized spacial score (nSPS) is 17.3. The molecule has 0 spiro atoms. The van der Waals surface area contributed by atoms with Crippen LogP contribution in [0.1, 0.15) is 22.1 Å². The van der Waals surface area contributed by atoms with Crippen molar-refractivity contribution in [1.29, 1.82) is 0 Å². The van der Waals surface area contributed by atoms with E-state index in [0.29, 0.717) is 5.75 Å². The maximum absolute atomic E-state index is 12.6. The molecule has 126 valence electrons. The van der Waals surface area contributed by atoms with Gasteiger partial charge < -0.3 is 0 Å². The zero-order valence-electron chi connectivity index (χ0n) is 14.2. The van der Waals surface area contributed by atoms with E-state index in [4.69, 9.17) is 0 Å². The van der Waals surface area contributed by atoms with Crippen molar-refractivity contribution in [2.75, 3.05) is 10.7 Å². The number of hydrogen-bond donors (Lipinski definition) is 0. The number of hydrogen-bond acceptors (Lipinski definition) is 3. The maximum atomic E-state index is 12.6. The molecule has 1 aliphatic heterocycles. The van der Waals surface area contributed by atoms with E-state index in [2.05, 4.69) is 73.1 Å². The first kappa shape index (κ1) is 16.4. The van der Waals surface area contributed by atoms with Gasteiger partial charge in [-0.25, -0.2) is 0 Å². The molecule has 25 heavy (non-hydrogen) atoms. The zero-order chi connectivity index (χ0) is 17.4. The van der Waals surface area contributed by atoms with Crippen molar-refractivity contribution in [3.05, 3.63) is 76.0 Å². The number of thiophene rings is 1. The second-order valence-corrected chi connectivity index (χ2v) is 8.20. The number of carbonyl (C=O) groups is 1. The van der Waals surface area contributed by atoms with Gasteiger partial charge in [0.05, 0.1) is 5.75 Å². The molecule has 1 fully saturated rings. The smallest absolute Gasteiger partial charge is 0.238 e. The number of nitrogens with zero attached hydrogens (tertiary/aromatic N) is 1. The molecular formula is C21H19NOS2. The Kier molecular flexibility index (Phi) is 4.40. The van der Waals surface area contributed by atoms with Crippen molar-refractivity contribution in [3.63, 3.8) is 0 Å². The molecule has 1 saturated heterocycles. The Morgan fingerprint density at radius 3 is 2.48 bits per heavy atom. The van der Waals surface area contributed by atoms with Gasteiger partial charge in [-0.2, -0.15) is 11.3 Å². The molecule has 3 aromatic rings. The summed E-state index contributed by atoms with van der Waals surface area (Å²) in [4.78, 5) is 14.6. The van der Waals surface area contributed by atoms with Crippen molar-refractivity contribution in [1.82, 2.24) is 0 Å². The summed E-state index contributed by atoms with van der Waals surface area (Å²) in [6.45, 7) is 4.18. The number of thioether (sulfide) groups is 1. The second-order valence-electron chi connectivity index (χ2n) is 6.35. The highest BCUT2D eigenvalue weighted by Crippen LogP contribution is 2.43. The highest BCUT2D eigenvalue weighted by atomic mass is 32.2. The third-order valence-electron chi connectivity index (χ3n) is 4.54. The topological polar surface area (TPSA) is 20.3 Å². The van der Waals surface area contributed by atoms with Gasteiger partial charge in [0.1, 0.15) is 5.37 Å². The van der Waals surface area contributed by atoms with E-state index in [-0.39, 0.29) is 11.3 Å². The van der Waals surface area contributed by atoms with Gasteiger partial charge in [-0.05, 0) is 65.1 Å². The Bertz CT molecular complexity index is 900. The summed E-state index contributed by atoms with van der Waals surface area (Å²) >= 11 is 3.40. The van der Waals surface area contributed by atoms with Crippen molar-refractivity contribution >= 4 is 34.7 Å². The molecule has 4 heteroatoms. The van der Waals surface area contributed by atoms with Gasteiger partial charge in [0.15, 0.2) is 0 Å². The lowest BCUT2D eigenvalue weighted by Gasteiger charge is -2.26. The van der Waals surface area contributed by atoms with Crippen LogP contribution in [0.15, 0.2) is 59.3 Å². The molecule has 1 amide bonds. The lowest BCUT2D eigenvalue weighted by atomic mass is 10.0. The van der Waals surface area contributed by atoms with Crippen LogP contribution in [-0.4, -0.2) is 11.7 Å². The quantitative estimate of drug-likeness (QED) is 0.584. The summed E-state index contributed by atoms with van der Waals surface area (Å²) in [5, 5.41) is 4.30. The Morgan fingerprint density at radius 1 is 1.00 bits per heavy atom. The average Bonchev–Trinajstić information content (AvgIpc) is 3.26. The Morgan fingerprint density at radius 2 is 1.80 bits per heavy atom. The molecule has 1 aromatic heterocycles. The van der Waals surface area contributed by atoms with Crippen LogP contribution < -0.4 is 4.90 Å². The van der Waals surface area contributed by atoms with E-state index < -0.39 is 0 Å². The minimum Gasteiger partial charge on any atom is -0.295 e. The molecule has 2 aromatic carbocycles. The predicted molar refractivity (Wildman–Crippen MR) is 108 cm³/mol. The average molecular weight is 366 g/mol. The monoisotopic (exact) mass is 365 g/mol. The number of aryl methyl sites for hydroxylation is 2. The van der Waals surface area contributed by atoms with Crippen LogP contribution in [-0.2, 0) is 4.79 Å². The highest BCUT2D eigenvalue weighted by Gasteiger charge is 2.34. The summed E-state index contributed by atoms with van der Waals surface area (Å²) in [6.07, 6.45) is 0. The van der Waals surface area contributed by atoms with Gasteiger partial charge in [0.2, 0.25) is 5.91 Å². The molecule has 0 N–H and O–H groups in total. The van der Waals surface area contributed by atoms with Crippen LogP contribution in [0.25, 0.3) is 11.1 Å². The largest absolute Gasteiger partial charge is 0.295 e. The lowest BCUT2D eigenvalue weighted by molar-refractivity contribution is -0.115. The molecule has 2 heterocycles. The molecule has 1 aliphatic rings. The van der Waals surface area contributed by atoms with Crippen LogP contribution in [0.3, 0.4) is 0 Å². The molecule has 0 bridgehead atoms. The van der Waals surface area contributed by atoms with Crippen LogP contribution >= 0.6 is 23.1 Å². The van der Waals surface area contributed by atoms with Crippen LogP contribution in [0.4, 0.5) is 5.69 Å².